The Kier molecular flexibility index (Phi) is 4.40. The van der Waals surface area contributed by atoms with Gasteiger partial charge >= 0.3 is 5.97 Å². The zero-order valence-electron chi connectivity index (χ0n) is 17.2. The summed E-state index contributed by atoms with van der Waals surface area (Å²) < 4.78 is 27.5. The van der Waals surface area contributed by atoms with Crippen molar-refractivity contribution in [3.8, 4) is 28.7 Å². The Balaban J connectivity index is 1.21. The Morgan fingerprint density at radius 3 is 2.70 bits per heavy atom. The minimum absolute atomic E-state index is 0.120. The number of para-hydroxylation sites is 1. The van der Waals surface area contributed by atoms with Gasteiger partial charge in [-0.05, 0) is 54.1 Å². The maximum Gasteiger partial charge on any atom is 0.343 e. The van der Waals surface area contributed by atoms with Crippen molar-refractivity contribution in [1.29, 1.82) is 0 Å². The van der Waals surface area contributed by atoms with Gasteiger partial charge in [0.15, 0.2) is 17.3 Å². The van der Waals surface area contributed by atoms with E-state index < -0.39 is 5.97 Å². The highest BCUT2D eigenvalue weighted by Gasteiger charge is 2.29. The fourth-order valence-corrected chi connectivity index (χ4v) is 3.81. The molecule has 7 nitrogen and oxygen atoms in total. The molecule has 3 heterocycles. The van der Waals surface area contributed by atoms with Crippen LogP contribution in [0.15, 0.2) is 78.1 Å². The molecule has 162 valence electrons. The Morgan fingerprint density at radius 1 is 0.879 bits per heavy atom. The van der Waals surface area contributed by atoms with E-state index in [0.717, 1.165) is 16.9 Å². The molecule has 3 aromatic carbocycles. The normalized spacial score (nSPS) is 16.4. The van der Waals surface area contributed by atoms with E-state index in [0.29, 0.717) is 35.0 Å². The molecule has 3 aliphatic heterocycles. The molecule has 0 radical (unpaired) electrons. The minimum atomic E-state index is -0.559. The zero-order chi connectivity index (χ0) is 22.4. The molecule has 7 heteroatoms. The standard InChI is InChI=1S/C26H16O7/c27-25-19-7-6-18(32-26(28)17-5-8-21-23(11-17)31-14-30-21)12-22(19)33-24(25)10-15-9-16-3-1-2-4-20(16)29-13-15/h1-12H,13-14H2/b24-10-. The van der Waals surface area contributed by atoms with Crippen LogP contribution in [-0.4, -0.2) is 25.2 Å². The van der Waals surface area contributed by atoms with Gasteiger partial charge in [0.25, 0.3) is 0 Å². The van der Waals surface area contributed by atoms with Crippen LogP contribution < -0.4 is 23.7 Å². The zero-order valence-corrected chi connectivity index (χ0v) is 17.2. The molecule has 0 aromatic heterocycles. The predicted octanol–water partition coefficient (Wildman–Crippen LogP) is 4.57. The highest BCUT2D eigenvalue weighted by Crippen LogP contribution is 2.36. The van der Waals surface area contributed by atoms with Gasteiger partial charge in [-0.2, -0.15) is 0 Å². The topological polar surface area (TPSA) is 80.3 Å². The van der Waals surface area contributed by atoms with Crippen LogP contribution in [0.25, 0.3) is 6.08 Å². The molecule has 0 N–H and O–H groups in total. The summed E-state index contributed by atoms with van der Waals surface area (Å²) in [6.45, 7) is 0.460. The molecule has 0 amide bonds. The number of Topliss-reactive ketones (excluding diaryl/α,β-unsaturated/α-hetero) is 1. The predicted molar refractivity (Wildman–Crippen MR) is 117 cm³/mol. The first-order chi connectivity index (χ1) is 16.1. The summed E-state index contributed by atoms with van der Waals surface area (Å²) >= 11 is 0. The lowest BCUT2D eigenvalue weighted by Crippen LogP contribution is -2.08. The van der Waals surface area contributed by atoms with Crippen LogP contribution in [0.2, 0.25) is 0 Å². The molecule has 6 rings (SSSR count). The van der Waals surface area contributed by atoms with E-state index in [1.807, 2.05) is 30.3 Å². The fraction of sp³-hybridized carbons (Fsp3) is 0.0769. The number of rotatable bonds is 3. The van der Waals surface area contributed by atoms with Crippen LogP contribution in [0.1, 0.15) is 26.3 Å². The van der Waals surface area contributed by atoms with E-state index in [4.69, 9.17) is 23.7 Å². The van der Waals surface area contributed by atoms with Crippen molar-refractivity contribution in [2.24, 2.45) is 0 Å². The number of carbonyl (C=O) groups excluding carboxylic acids is 2. The first-order valence-corrected chi connectivity index (χ1v) is 10.3. The van der Waals surface area contributed by atoms with E-state index in [9.17, 15) is 9.59 Å². The van der Waals surface area contributed by atoms with Crippen LogP contribution in [-0.2, 0) is 0 Å². The second-order valence-electron chi connectivity index (χ2n) is 7.60. The van der Waals surface area contributed by atoms with Gasteiger partial charge in [-0.15, -0.1) is 0 Å². The van der Waals surface area contributed by atoms with Gasteiger partial charge in [-0.25, -0.2) is 4.79 Å². The molecule has 0 saturated carbocycles. The third-order valence-electron chi connectivity index (χ3n) is 5.43. The lowest BCUT2D eigenvalue weighted by Gasteiger charge is -2.15. The van der Waals surface area contributed by atoms with Crippen LogP contribution in [0.3, 0.4) is 0 Å². The van der Waals surface area contributed by atoms with E-state index in [1.165, 1.54) is 6.07 Å². The Morgan fingerprint density at radius 2 is 1.76 bits per heavy atom. The Labute approximate surface area is 188 Å². The van der Waals surface area contributed by atoms with Crippen molar-refractivity contribution in [3.05, 3.63) is 94.8 Å². The molecule has 0 atom stereocenters. The van der Waals surface area contributed by atoms with E-state index in [1.54, 1.807) is 36.4 Å². The quantitative estimate of drug-likeness (QED) is 0.335. The third kappa shape index (κ3) is 3.49. The maximum atomic E-state index is 12.8. The average Bonchev–Trinajstić information content (AvgIpc) is 3.42. The van der Waals surface area contributed by atoms with Crippen LogP contribution in [0.4, 0.5) is 0 Å². The Bertz CT molecular complexity index is 1380. The van der Waals surface area contributed by atoms with Crippen LogP contribution >= 0.6 is 0 Å². The van der Waals surface area contributed by atoms with Crippen molar-refractivity contribution >= 4 is 17.8 Å². The van der Waals surface area contributed by atoms with Gasteiger partial charge in [0.05, 0.1) is 11.1 Å². The van der Waals surface area contributed by atoms with Crippen molar-refractivity contribution in [3.63, 3.8) is 0 Å². The summed E-state index contributed by atoms with van der Waals surface area (Å²) in [6, 6.07) is 17.2. The molecular weight excluding hydrogens is 424 g/mol. The number of hydrogen-bond acceptors (Lipinski definition) is 7. The fourth-order valence-electron chi connectivity index (χ4n) is 3.81. The average molecular weight is 440 g/mol. The number of carbonyl (C=O) groups is 2. The number of ketones is 1. The highest BCUT2D eigenvalue weighted by atomic mass is 16.7. The number of benzene rings is 3. The second-order valence-corrected chi connectivity index (χ2v) is 7.60. The lowest BCUT2D eigenvalue weighted by molar-refractivity contribution is 0.0734. The first-order valence-electron chi connectivity index (χ1n) is 10.3. The molecule has 0 spiro atoms. The first kappa shape index (κ1) is 19.2. The molecule has 0 saturated heterocycles. The molecule has 3 aromatic rings. The summed E-state index contributed by atoms with van der Waals surface area (Å²) in [5.41, 5.74) is 2.49. The molecular formula is C26H16O7. The smallest absolute Gasteiger partial charge is 0.343 e. The van der Waals surface area contributed by atoms with E-state index in [2.05, 4.69) is 0 Å². The second kappa shape index (κ2) is 7.56. The lowest BCUT2D eigenvalue weighted by atomic mass is 10.1. The summed E-state index contributed by atoms with van der Waals surface area (Å²) in [5.74, 6) is 1.87. The van der Waals surface area contributed by atoms with Gasteiger partial charge in [0.1, 0.15) is 23.9 Å². The van der Waals surface area contributed by atoms with E-state index in [-0.39, 0.29) is 24.1 Å². The SMILES string of the molecule is O=C(Oc1ccc2c(c1)O/C(=C\C1=Cc3ccccc3OC1)C2=O)c1ccc2c(c1)OCO2. The maximum absolute atomic E-state index is 12.8. The van der Waals surface area contributed by atoms with Gasteiger partial charge in [-0.3, -0.25) is 4.79 Å². The molecule has 0 unspecified atom stereocenters. The Hall–Kier alpha value is -4.52. The summed E-state index contributed by atoms with van der Waals surface area (Å²) in [4.78, 5) is 25.3. The minimum Gasteiger partial charge on any atom is -0.488 e. The summed E-state index contributed by atoms with van der Waals surface area (Å²) in [5, 5.41) is 0. The van der Waals surface area contributed by atoms with Crippen molar-refractivity contribution in [2.75, 3.05) is 13.4 Å². The third-order valence-corrected chi connectivity index (χ3v) is 5.43. The number of fused-ring (bicyclic) bond motifs is 3. The van der Waals surface area contributed by atoms with Gasteiger partial charge in [0.2, 0.25) is 12.6 Å². The number of ether oxygens (including phenoxy) is 5. The largest absolute Gasteiger partial charge is 0.488 e. The monoisotopic (exact) mass is 440 g/mol. The van der Waals surface area contributed by atoms with Gasteiger partial charge in [0, 0.05) is 11.6 Å². The molecule has 0 bridgehead atoms. The van der Waals surface area contributed by atoms with Gasteiger partial charge in [-0.1, -0.05) is 18.2 Å². The van der Waals surface area contributed by atoms with Crippen molar-refractivity contribution < 1.29 is 33.3 Å². The molecule has 3 aliphatic rings. The number of esters is 1. The number of hydrogen-bond donors (Lipinski definition) is 0. The van der Waals surface area contributed by atoms with Crippen LogP contribution in [0.5, 0.6) is 28.7 Å². The highest BCUT2D eigenvalue weighted by molar-refractivity contribution is 6.12. The molecule has 33 heavy (non-hydrogen) atoms. The van der Waals surface area contributed by atoms with Crippen LogP contribution in [0, 0.1) is 0 Å². The molecule has 0 fully saturated rings. The van der Waals surface area contributed by atoms with Crippen molar-refractivity contribution in [1.82, 2.24) is 0 Å². The van der Waals surface area contributed by atoms with Crippen molar-refractivity contribution in [2.45, 2.75) is 0 Å². The summed E-state index contributed by atoms with van der Waals surface area (Å²) in [6.07, 6.45) is 3.64. The molecule has 0 aliphatic carbocycles. The summed E-state index contributed by atoms with van der Waals surface area (Å²) in [7, 11) is 0. The van der Waals surface area contributed by atoms with Gasteiger partial charge < -0.3 is 23.7 Å². The van der Waals surface area contributed by atoms with E-state index >= 15 is 0 Å². The number of allylic oxidation sites excluding steroid dienone is 1.